The van der Waals surface area contributed by atoms with Crippen molar-refractivity contribution in [1.29, 1.82) is 0 Å². The number of ketones is 1. The van der Waals surface area contributed by atoms with Crippen LogP contribution >= 0.6 is 11.6 Å². The van der Waals surface area contributed by atoms with Gasteiger partial charge in [0.15, 0.2) is 5.78 Å². The van der Waals surface area contributed by atoms with Crippen LogP contribution in [-0.4, -0.2) is 22.6 Å². The van der Waals surface area contributed by atoms with Crippen molar-refractivity contribution in [1.82, 2.24) is 4.98 Å². The third kappa shape index (κ3) is 5.40. The average Bonchev–Trinajstić information content (AvgIpc) is 2.74. The first-order valence-electron chi connectivity index (χ1n) is 9.05. The first kappa shape index (κ1) is 21.0. The molecule has 0 bridgehead atoms. The SMILES string of the molecule is CC(=O)c1cccc(NC(=O)C(=Cc2cccnc2Cl)C(=O)Nc2ccccc2)c1. The summed E-state index contributed by atoms with van der Waals surface area (Å²) in [4.78, 5) is 41.4. The van der Waals surface area contributed by atoms with Crippen LogP contribution in [0.15, 0.2) is 78.5 Å². The number of pyridine rings is 1. The first-order chi connectivity index (χ1) is 14.4. The quantitative estimate of drug-likeness (QED) is 0.201. The molecule has 2 N–H and O–H groups in total. The average molecular weight is 420 g/mol. The maximum Gasteiger partial charge on any atom is 0.261 e. The molecule has 7 heteroatoms. The number of carbonyl (C=O) groups is 3. The molecule has 30 heavy (non-hydrogen) atoms. The van der Waals surface area contributed by atoms with E-state index in [2.05, 4.69) is 15.6 Å². The van der Waals surface area contributed by atoms with Crippen molar-refractivity contribution >= 4 is 46.6 Å². The Morgan fingerprint density at radius 2 is 1.53 bits per heavy atom. The van der Waals surface area contributed by atoms with Crippen LogP contribution in [0.25, 0.3) is 6.08 Å². The zero-order valence-corrected chi connectivity index (χ0v) is 16.8. The van der Waals surface area contributed by atoms with Crippen LogP contribution in [0.2, 0.25) is 5.15 Å². The summed E-state index contributed by atoms with van der Waals surface area (Å²) in [5.74, 6) is -1.39. The maximum absolute atomic E-state index is 13.0. The largest absolute Gasteiger partial charge is 0.322 e. The van der Waals surface area contributed by atoms with Gasteiger partial charge in [-0.25, -0.2) is 4.98 Å². The minimum absolute atomic E-state index is 0.133. The smallest absolute Gasteiger partial charge is 0.261 e. The number of Topliss-reactive ketones (excluding diaryl/α,β-unsaturated/α-hetero) is 1. The van der Waals surface area contributed by atoms with E-state index in [1.54, 1.807) is 60.7 Å². The Hall–Kier alpha value is -3.77. The number of halogens is 1. The van der Waals surface area contributed by atoms with Gasteiger partial charge in [-0.3, -0.25) is 14.4 Å². The number of hydrogen-bond acceptors (Lipinski definition) is 4. The van der Waals surface area contributed by atoms with Crippen molar-refractivity contribution < 1.29 is 14.4 Å². The number of para-hydroxylation sites is 1. The fourth-order valence-electron chi connectivity index (χ4n) is 2.63. The van der Waals surface area contributed by atoms with Gasteiger partial charge in [0.05, 0.1) is 0 Å². The van der Waals surface area contributed by atoms with Crippen molar-refractivity contribution in [2.75, 3.05) is 10.6 Å². The highest BCUT2D eigenvalue weighted by atomic mass is 35.5. The van der Waals surface area contributed by atoms with Gasteiger partial charge in [0.25, 0.3) is 11.8 Å². The lowest BCUT2D eigenvalue weighted by Gasteiger charge is -2.11. The van der Waals surface area contributed by atoms with Gasteiger partial charge >= 0.3 is 0 Å². The van der Waals surface area contributed by atoms with Gasteiger partial charge in [-0.05, 0) is 43.3 Å². The summed E-state index contributed by atoms with van der Waals surface area (Å²) in [6.45, 7) is 1.43. The van der Waals surface area contributed by atoms with Crippen molar-refractivity contribution in [3.05, 3.63) is 94.8 Å². The van der Waals surface area contributed by atoms with Crippen LogP contribution in [0.4, 0.5) is 11.4 Å². The molecule has 150 valence electrons. The lowest BCUT2D eigenvalue weighted by Crippen LogP contribution is -2.25. The minimum Gasteiger partial charge on any atom is -0.322 e. The molecule has 0 aliphatic carbocycles. The van der Waals surface area contributed by atoms with Crippen molar-refractivity contribution in [3.8, 4) is 0 Å². The third-order valence-electron chi connectivity index (χ3n) is 4.14. The van der Waals surface area contributed by atoms with Crippen LogP contribution in [0.5, 0.6) is 0 Å². The topological polar surface area (TPSA) is 88.2 Å². The Morgan fingerprint density at radius 3 is 2.20 bits per heavy atom. The van der Waals surface area contributed by atoms with Crippen LogP contribution in [0.3, 0.4) is 0 Å². The van der Waals surface area contributed by atoms with E-state index < -0.39 is 11.8 Å². The van der Waals surface area contributed by atoms with Crippen LogP contribution in [0, 0.1) is 0 Å². The molecule has 0 aliphatic rings. The second-order valence-corrected chi connectivity index (χ2v) is 6.71. The number of benzene rings is 2. The summed E-state index contributed by atoms with van der Waals surface area (Å²) in [5.41, 5.74) is 1.63. The monoisotopic (exact) mass is 419 g/mol. The van der Waals surface area contributed by atoms with E-state index in [0.717, 1.165) is 0 Å². The Labute approximate surface area is 178 Å². The molecular weight excluding hydrogens is 402 g/mol. The molecule has 3 aromatic rings. The number of aromatic nitrogens is 1. The highest BCUT2D eigenvalue weighted by Crippen LogP contribution is 2.19. The number of rotatable bonds is 6. The lowest BCUT2D eigenvalue weighted by atomic mass is 10.1. The summed E-state index contributed by atoms with van der Waals surface area (Å²) in [7, 11) is 0. The number of hydrogen-bond donors (Lipinski definition) is 2. The van der Waals surface area contributed by atoms with Gasteiger partial charge in [0.1, 0.15) is 10.7 Å². The van der Waals surface area contributed by atoms with E-state index in [9.17, 15) is 14.4 Å². The summed E-state index contributed by atoms with van der Waals surface area (Å²) < 4.78 is 0. The molecule has 0 saturated heterocycles. The number of nitrogens with one attached hydrogen (secondary N) is 2. The molecule has 1 heterocycles. The Balaban J connectivity index is 1.93. The molecular formula is C23H18ClN3O3. The zero-order valence-electron chi connectivity index (χ0n) is 16.1. The van der Waals surface area contributed by atoms with Gasteiger partial charge in [0, 0.05) is 28.7 Å². The van der Waals surface area contributed by atoms with Gasteiger partial charge in [-0.2, -0.15) is 0 Å². The number of nitrogens with zero attached hydrogens (tertiary/aromatic N) is 1. The summed E-state index contributed by atoms with van der Waals surface area (Å²) in [6.07, 6.45) is 2.88. The number of anilines is 2. The Morgan fingerprint density at radius 1 is 0.867 bits per heavy atom. The fraction of sp³-hybridized carbons (Fsp3) is 0.0435. The highest BCUT2D eigenvalue weighted by molar-refractivity contribution is 6.32. The normalized spacial score (nSPS) is 10.9. The molecule has 1 aromatic heterocycles. The second-order valence-electron chi connectivity index (χ2n) is 6.35. The fourth-order valence-corrected chi connectivity index (χ4v) is 2.80. The molecule has 0 fully saturated rings. The summed E-state index contributed by atoms with van der Waals surface area (Å²) >= 11 is 6.10. The number of carbonyl (C=O) groups excluding carboxylic acids is 3. The van der Waals surface area contributed by atoms with Crippen LogP contribution in [0.1, 0.15) is 22.8 Å². The maximum atomic E-state index is 13.0. The lowest BCUT2D eigenvalue weighted by molar-refractivity contribution is -0.118. The van der Waals surface area contributed by atoms with E-state index >= 15 is 0 Å². The standard InChI is InChI=1S/C23H18ClN3O3/c1-15(28)16-7-5-11-19(13-16)27-23(30)20(14-17-8-6-12-25-21(17)24)22(29)26-18-9-3-2-4-10-18/h2-14H,1H3,(H,26,29)(H,27,30). The van der Waals surface area contributed by atoms with E-state index in [4.69, 9.17) is 11.6 Å². The molecule has 2 amide bonds. The zero-order chi connectivity index (χ0) is 21.5. The molecule has 6 nitrogen and oxygen atoms in total. The first-order valence-corrected chi connectivity index (χ1v) is 9.43. The van der Waals surface area contributed by atoms with E-state index in [0.29, 0.717) is 22.5 Å². The van der Waals surface area contributed by atoms with Gasteiger partial charge in [-0.1, -0.05) is 48.0 Å². The van der Waals surface area contributed by atoms with Crippen LogP contribution < -0.4 is 10.6 Å². The molecule has 0 saturated carbocycles. The molecule has 0 atom stereocenters. The van der Waals surface area contributed by atoms with Crippen molar-refractivity contribution in [2.45, 2.75) is 6.92 Å². The van der Waals surface area contributed by atoms with Crippen LogP contribution in [-0.2, 0) is 9.59 Å². The molecule has 2 aromatic carbocycles. The number of amides is 2. The van der Waals surface area contributed by atoms with Crippen molar-refractivity contribution in [2.24, 2.45) is 0 Å². The van der Waals surface area contributed by atoms with E-state index in [1.165, 1.54) is 19.2 Å². The molecule has 0 aliphatic heterocycles. The Bertz CT molecular complexity index is 1130. The van der Waals surface area contributed by atoms with Gasteiger partial charge < -0.3 is 10.6 Å². The van der Waals surface area contributed by atoms with E-state index in [-0.39, 0.29) is 16.5 Å². The van der Waals surface area contributed by atoms with Gasteiger partial charge in [-0.15, -0.1) is 0 Å². The molecule has 3 rings (SSSR count). The Kier molecular flexibility index (Phi) is 6.72. The molecule has 0 spiro atoms. The summed E-state index contributed by atoms with van der Waals surface area (Å²) in [5, 5.41) is 5.51. The van der Waals surface area contributed by atoms with Crippen molar-refractivity contribution in [3.63, 3.8) is 0 Å². The van der Waals surface area contributed by atoms with E-state index in [1.807, 2.05) is 6.07 Å². The predicted molar refractivity (Wildman–Crippen MR) is 117 cm³/mol. The predicted octanol–water partition coefficient (Wildman–Crippen LogP) is 4.60. The van der Waals surface area contributed by atoms with Gasteiger partial charge in [0.2, 0.25) is 0 Å². The highest BCUT2D eigenvalue weighted by Gasteiger charge is 2.20. The molecule has 0 unspecified atom stereocenters. The third-order valence-corrected chi connectivity index (χ3v) is 4.45. The summed E-state index contributed by atoms with van der Waals surface area (Å²) in [6, 6.07) is 18.5. The second kappa shape index (κ2) is 9.62. The molecule has 0 radical (unpaired) electrons. The minimum atomic E-state index is -0.649.